The van der Waals surface area contributed by atoms with Gasteiger partial charge in [-0.25, -0.2) is 9.18 Å². The van der Waals surface area contributed by atoms with Gasteiger partial charge >= 0.3 is 6.09 Å². The van der Waals surface area contributed by atoms with Gasteiger partial charge in [0.25, 0.3) is 11.8 Å². The van der Waals surface area contributed by atoms with E-state index in [0.29, 0.717) is 31.5 Å². The van der Waals surface area contributed by atoms with Gasteiger partial charge in [0, 0.05) is 43.4 Å². The SMILES string of the molecule is CCCN1CC(=O)N[C@@H]2CN(C(=O)CN3CCOC3=O)C[C@H]2OCc2cc(F)cc(c2)Oc2cc(C(=O)NCCc3ccccc3)cc(c2)C1=O. The average Bonchev–Trinajstić information content (AvgIpc) is 3.71. The molecule has 3 aliphatic rings. The highest BCUT2D eigenvalue weighted by Crippen LogP contribution is 2.28. The van der Waals surface area contributed by atoms with E-state index in [1.807, 2.05) is 37.3 Å². The van der Waals surface area contributed by atoms with Crippen LogP contribution in [0.15, 0.2) is 66.7 Å². The number of likely N-dealkylation sites (tertiary alicyclic amines) is 1. The number of carbonyl (C=O) groups is 5. The Balaban J connectivity index is 1.26. The maximum Gasteiger partial charge on any atom is 0.410 e. The van der Waals surface area contributed by atoms with Crippen LogP contribution in [-0.2, 0) is 32.1 Å². The monoisotopic (exact) mass is 701 g/mol. The molecule has 2 atom stereocenters. The van der Waals surface area contributed by atoms with E-state index in [-0.39, 0.29) is 74.5 Å². The lowest BCUT2D eigenvalue weighted by atomic mass is 10.1. The van der Waals surface area contributed by atoms with Gasteiger partial charge in [-0.1, -0.05) is 37.3 Å². The van der Waals surface area contributed by atoms with Gasteiger partial charge in [-0.2, -0.15) is 0 Å². The van der Waals surface area contributed by atoms with Crippen molar-refractivity contribution >= 4 is 29.7 Å². The van der Waals surface area contributed by atoms with Crippen LogP contribution in [-0.4, -0.2) is 109 Å². The highest BCUT2D eigenvalue weighted by atomic mass is 19.1. The molecule has 3 aromatic rings. The van der Waals surface area contributed by atoms with Crippen molar-refractivity contribution < 1.29 is 42.6 Å². The molecular formula is C37H40FN5O8. The second kappa shape index (κ2) is 16.0. The molecule has 4 bridgehead atoms. The normalized spacial score (nSPS) is 19.3. The van der Waals surface area contributed by atoms with Crippen LogP contribution in [0.3, 0.4) is 0 Å². The van der Waals surface area contributed by atoms with Gasteiger partial charge in [0.15, 0.2) is 0 Å². The van der Waals surface area contributed by atoms with Crippen molar-refractivity contribution in [1.82, 2.24) is 25.3 Å². The summed E-state index contributed by atoms with van der Waals surface area (Å²) in [6.45, 7) is 2.64. The number of amides is 5. The van der Waals surface area contributed by atoms with Gasteiger partial charge in [0.2, 0.25) is 11.8 Å². The van der Waals surface area contributed by atoms with E-state index in [1.165, 1.54) is 45.0 Å². The van der Waals surface area contributed by atoms with Gasteiger partial charge in [-0.05, 0) is 54.3 Å². The molecule has 2 N–H and O–H groups in total. The van der Waals surface area contributed by atoms with Crippen molar-refractivity contribution in [3.8, 4) is 11.5 Å². The summed E-state index contributed by atoms with van der Waals surface area (Å²) >= 11 is 0. The predicted octanol–water partition coefficient (Wildman–Crippen LogP) is 3.12. The molecule has 13 nitrogen and oxygen atoms in total. The molecule has 51 heavy (non-hydrogen) atoms. The van der Waals surface area contributed by atoms with Crippen LogP contribution >= 0.6 is 0 Å². The summed E-state index contributed by atoms with van der Waals surface area (Å²) in [6.07, 6.45) is -0.0913. The fourth-order valence-corrected chi connectivity index (χ4v) is 6.33. The van der Waals surface area contributed by atoms with Crippen LogP contribution in [0, 0.1) is 5.82 Å². The van der Waals surface area contributed by atoms with Crippen molar-refractivity contribution in [2.75, 3.05) is 52.4 Å². The molecule has 0 aliphatic carbocycles. The Morgan fingerprint density at radius 2 is 1.78 bits per heavy atom. The third-order valence-corrected chi connectivity index (χ3v) is 8.84. The van der Waals surface area contributed by atoms with E-state index < -0.39 is 41.8 Å². The van der Waals surface area contributed by atoms with Gasteiger partial charge in [0.05, 0.1) is 31.8 Å². The smallest absolute Gasteiger partial charge is 0.410 e. The average molecular weight is 702 g/mol. The Bertz CT molecular complexity index is 1790. The summed E-state index contributed by atoms with van der Waals surface area (Å²) in [5.41, 5.74) is 1.75. The minimum Gasteiger partial charge on any atom is -0.457 e. The third kappa shape index (κ3) is 9.00. The van der Waals surface area contributed by atoms with Crippen LogP contribution in [0.1, 0.15) is 45.2 Å². The molecule has 268 valence electrons. The number of hydrogen-bond acceptors (Lipinski definition) is 8. The Morgan fingerprint density at radius 3 is 2.55 bits per heavy atom. The maximum atomic E-state index is 14.9. The van der Waals surface area contributed by atoms with Crippen molar-refractivity contribution in [3.05, 3.63) is 94.8 Å². The zero-order valence-electron chi connectivity index (χ0n) is 28.3. The highest BCUT2D eigenvalue weighted by Gasteiger charge is 2.39. The minimum absolute atomic E-state index is 0.0683. The van der Waals surface area contributed by atoms with Gasteiger partial charge in [-0.3, -0.25) is 24.1 Å². The van der Waals surface area contributed by atoms with Crippen molar-refractivity contribution in [2.45, 2.75) is 38.5 Å². The first-order chi connectivity index (χ1) is 24.6. The number of rotatable bonds is 8. The topological polar surface area (TPSA) is 147 Å². The van der Waals surface area contributed by atoms with Crippen molar-refractivity contribution in [3.63, 3.8) is 0 Å². The van der Waals surface area contributed by atoms with Crippen LogP contribution in [0.4, 0.5) is 9.18 Å². The molecule has 2 fully saturated rings. The summed E-state index contributed by atoms with van der Waals surface area (Å²) in [5.74, 6) is -2.09. The fraction of sp³-hybridized carbons (Fsp3) is 0.378. The summed E-state index contributed by atoms with van der Waals surface area (Å²) in [7, 11) is 0. The zero-order chi connectivity index (χ0) is 35.9. The standard InChI is InChI=1S/C37H40FN5O8/c1-2-10-41-21-33(44)40-31-19-43(34(45)22-42-11-12-49-37(42)48)20-32(31)50-23-25-13-28(38)18-29(14-25)51-30-16-26(15-27(17-30)36(41)47)35(46)39-9-8-24-6-4-3-5-7-24/h3-7,13-18,31-32H,2,8-12,19-23H2,1H3,(H,39,46)(H,40,44)/t31-,32-/m1/s1. The van der Waals surface area contributed by atoms with Crippen LogP contribution < -0.4 is 15.4 Å². The fourth-order valence-electron chi connectivity index (χ4n) is 6.33. The molecule has 3 aliphatic heterocycles. The van der Waals surface area contributed by atoms with E-state index in [2.05, 4.69) is 10.6 Å². The van der Waals surface area contributed by atoms with Crippen LogP contribution in [0.25, 0.3) is 0 Å². The first kappa shape index (κ1) is 35.3. The van der Waals surface area contributed by atoms with Crippen LogP contribution in [0.5, 0.6) is 11.5 Å². The molecule has 0 unspecified atom stereocenters. The van der Waals surface area contributed by atoms with Gasteiger partial charge < -0.3 is 34.6 Å². The predicted molar refractivity (Wildman–Crippen MR) is 182 cm³/mol. The first-order valence-corrected chi connectivity index (χ1v) is 17.0. The lowest BCUT2D eigenvalue weighted by Crippen LogP contribution is -2.49. The molecule has 0 spiro atoms. The molecule has 0 saturated carbocycles. The molecular weight excluding hydrogens is 661 g/mol. The minimum atomic E-state index is -0.671. The van der Waals surface area contributed by atoms with Gasteiger partial charge in [0.1, 0.15) is 30.5 Å². The molecule has 5 amide bonds. The Kier molecular flexibility index (Phi) is 11.1. The molecule has 2 saturated heterocycles. The Morgan fingerprint density at radius 1 is 0.980 bits per heavy atom. The highest BCUT2D eigenvalue weighted by molar-refractivity contribution is 6.01. The molecule has 0 aromatic heterocycles. The molecule has 3 aromatic carbocycles. The third-order valence-electron chi connectivity index (χ3n) is 8.84. The number of hydrogen-bond donors (Lipinski definition) is 2. The first-order valence-electron chi connectivity index (χ1n) is 17.0. The number of halogens is 1. The second-order valence-corrected chi connectivity index (χ2v) is 12.7. The Labute approximate surface area is 294 Å². The Hall–Kier alpha value is -5.50. The quantitative estimate of drug-likeness (QED) is 0.365. The number of nitrogens with zero attached hydrogens (tertiary/aromatic N) is 3. The zero-order valence-corrected chi connectivity index (χ0v) is 28.3. The van der Waals surface area contributed by atoms with Crippen molar-refractivity contribution in [2.24, 2.45) is 0 Å². The summed E-state index contributed by atoms with van der Waals surface area (Å²) < 4.78 is 32.1. The summed E-state index contributed by atoms with van der Waals surface area (Å²) in [5, 5.41) is 5.81. The van der Waals surface area contributed by atoms with E-state index in [9.17, 15) is 28.4 Å². The maximum absolute atomic E-state index is 14.9. The van der Waals surface area contributed by atoms with Crippen molar-refractivity contribution in [1.29, 1.82) is 0 Å². The summed E-state index contributed by atoms with van der Waals surface area (Å²) in [4.78, 5) is 70.1. The number of fused-ring (bicyclic) bond motifs is 5. The number of nitrogens with one attached hydrogen (secondary N) is 2. The molecule has 14 heteroatoms. The molecule has 6 rings (SSSR count). The number of carbonyl (C=O) groups excluding carboxylic acids is 5. The number of cyclic esters (lactones) is 1. The van der Waals surface area contributed by atoms with E-state index in [4.69, 9.17) is 14.2 Å². The number of ether oxygens (including phenoxy) is 3. The molecule has 3 heterocycles. The second-order valence-electron chi connectivity index (χ2n) is 12.7. The lowest BCUT2D eigenvalue weighted by Gasteiger charge is -2.25. The number of benzene rings is 3. The van der Waals surface area contributed by atoms with E-state index in [0.717, 1.165) is 5.56 Å². The van der Waals surface area contributed by atoms with E-state index >= 15 is 0 Å². The van der Waals surface area contributed by atoms with Gasteiger partial charge in [-0.15, -0.1) is 0 Å². The lowest BCUT2D eigenvalue weighted by molar-refractivity contribution is -0.131. The van der Waals surface area contributed by atoms with Crippen LogP contribution in [0.2, 0.25) is 0 Å². The largest absolute Gasteiger partial charge is 0.457 e. The molecule has 0 radical (unpaired) electrons. The summed E-state index contributed by atoms with van der Waals surface area (Å²) in [6, 6.07) is 17.5. The van der Waals surface area contributed by atoms with E-state index in [1.54, 1.807) is 6.07 Å².